The van der Waals surface area contributed by atoms with Crippen molar-refractivity contribution in [3.8, 4) is 5.75 Å². The van der Waals surface area contributed by atoms with E-state index in [1.807, 2.05) is 0 Å². The monoisotopic (exact) mass is 301 g/mol. The quantitative estimate of drug-likeness (QED) is 0.859. The molecule has 1 aromatic carbocycles. The number of hydrogen-bond acceptors (Lipinski definition) is 5. The highest BCUT2D eigenvalue weighted by atomic mass is 32.2. The first-order valence-corrected chi connectivity index (χ1v) is 7.00. The molecule has 1 aliphatic rings. The summed E-state index contributed by atoms with van der Waals surface area (Å²) >= 11 is 0.843. The molecule has 0 aliphatic carbocycles. The van der Waals surface area contributed by atoms with Crippen molar-refractivity contribution in [1.82, 2.24) is 0 Å². The third kappa shape index (κ3) is 2.57. The van der Waals surface area contributed by atoms with Crippen molar-refractivity contribution >= 4 is 34.7 Å². The number of aryl methyl sites for hydroxylation is 1. The Balaban J connectivity index is 1.94. The molecule has 21 heavy (non-hydrogen) atoms. The summed E-state index contributed by atoms with van der Waals surface area (Å²) in [7, 11) is 0. The van der Waals surface area contributed by atoms with E-state index in [1.165, 1.54) is 12.1 Å². The van der Waals surface area contributed by atoms with Crippen LogP contribution in [-0.4, -0.2) is 16.3 Å². The van der Waals surface area contributed by atoms with Crippen LogP contribution in [0.3, 0.4) is 0 Å². The molecule has 0 saturated carbocycles. The van der Waals surface area contributed by atoms with Crippen LogP contribution in [0.1, 0.15) is 11.5 Å². The predicted octanol–water partition coefficient (Wildman–Crippen LogP) is 3.53. The summed E-state index contributed by atoms with van der Waals surface area (Å²) in [5.41, 5.74) is 0.344. The van der Waals surface area contributed by atoms with E-state index < -0.39 is 11.1 Å². The molecule has 0 radical (unpaired) electrons. The summed E-state index contributed by atoms with van der Waals surface area (Å²) in [5.74, 6) is 0.823. The Labute approximate surface area is 124 Å². The molecular weight excluding hydrogens is 290 g/mol. The number of benzene rings is 1. The minimum absolute atomic E-state index is 0.00260. The van der Waals surface area contributed by atoms with Gasteiger partial charge >= 0.3 is 0 Å². The van der Waals surface area contributed by atoms with Crippen molar-refractivity contribution in [2.45, 2.75) is 6.92 Å². The molecule has 1 aliphatic heterocycles. The summed E-state index contributed by atoms with van der Waals surface area (Å²) in [4.78, 5) is 25.7. The van der Waals surface area contributed by atoms with Gasteiger partial charge in [-0.15, -0.1) is 0 Å². The largest absolute Gasteiger partial charge is 0.508 e. The van der Waals surface area contributed by atoms with E-state index in [4.69, 9.17) is 4.42 Å². The maximum Gasteiger partial charge on any atom is 0.298 e. The molecule has 0 unspecified atom stereocenters. The second kappa shape index (κ2) is 5.14. The zero-order valence-electron chi connectivity index (χ0n) is 11.1. The number of aromatic hydroxyl groups is 1. The number of amides is 2. The molecule has 3 rings (SSSR count). The van der Waals surface area contributed by atoms with Gasteiger partial charge in [0.15, 0.2) is 0 Å². The third-order valence-corrected chi connectivity index (χ3v) is 3.79. The Morgan fingerprint density at radius 2 is 2.05 bits per heavy atom. The minimum Gasteiger partial charge on any atom is -0.508 e. The molecule has 2 amide bonds. The van der Waals surface area contributed by atoms with Gasteiger partial charge in [-0.2, -0.15) is 0 Å². The molecule has 1 N–H and O–H groups in total. The highest BCUT2D eigenvalue weighted by Gasteiger charge is 2.36. The first-order chi connectivity index (χ1) is 10.0. The van der Waals surface area contributed by atoms with Gasteiger partial charge in [0.1, 0.15) is 17.3 Å². The van der Waals surface area contributed by atoms with Gasteiger partial charge in [-0.1, -0.05) is 6.07 Å². The summed E-state index contributed by atoms with van der Waals surface area (Å²) in [6, 6.07) is 9.53. The van der Waals surface area contributed by atoms with Crippen LogP contribution in [0.4, 0.5) is 10.5 Å². The van der Waals surface area contributed by atoms with Gasteiger partial charge < -0.3 is 9.52 Å². The molecule has 6 heteroatoms. The van der Waals surface area contributed by atoms with Gasteiger partial charge in [0, 0.05) is 12.1 Å². The summed E-state index contributed by atoms with van der Waals surface area (Å²) in [6.07, 6.45) is 1.54. The van der Waals surface area contributed by atoms with Gasteiger partial charge in [0.2, 0.25) is 0 Å². The van der Waals surface area contributed by atoms with Crippen LogP contribution >= 0.6 is 11.8 Å². The average molecular weight is 301 g/mol. The molecule has 2 aromatic rings. The van der Waals surface area contributed by atoms with E-state index in [1.54, 1.807) is 37.3 Å². The molecule has 1 saturated heterocycles. The molecule has 0 atom stereocenters. The number of phenols is 1. The maximum atomic E-state index is 12.3. The fourth-order valence-corrected chi connectivity index (χ4v) is 2.80. The summed E-state index contributed by atoms with van der Waals surface area (Å²) in [6.45, 7) is 1.80. The number of imide groups is 1. The van der Waals surface area contributed by atoms with Crippen molar-refractivity contribution in [3.63, 3.8) is 0 Å². The number of phenolic OH excluding ortho intramolecular Hbond substituents is 1. The van der Waals surface area contributed by atoms with Crippen molar-refractivity contribution in [1.29, 1.82) is 0 Å². The number of rotatable bonds is 2. The fraction of sp³-hybridized carbons (Fsp3) is 0.0667. The van der Waals surface area contributed by atoms with Crippen LogP contribution in [0.15, 0.2) is 45.7 Å². The Morgan fingerprint density at radius 3 is 2.71 bits per heavy atom. The molecule has 0 spiro atoms. The number of furan rings is 1. The van der Waals surface area contributed by atoms with Crippen LogP contribution in [0.2, 0.25) is 0 Å². The van der Waals surface area contributed by atoms with Crippen LogP contribution in [0, 0.1) is 6.92 Å². The third-order valence-electron chi connectivity index (χ3n) is 2.92. The highest BCUT2D eigenvalue weighted by molar-refractivity contribution is 8.19. The SMILES string of the molecule is Cc1ccc(C=C2SC(=O)N(c3cccc(O)c3)C2=O)o1. The summed E-state index contributed by atoms with van der Waals surface area (Å²) in [5, 5.41) is 9.06. The topological polar surface area (TPSA) is 70.8 Å². The van der Waals surface area contributed by atoms with E-state index in [2.05, 4.69) is 0 Å². The van der Waals surface area contributed by atoms with Crippen LogP contribution < -0.4 is 4.90 Å². The minimum atomic E-state index is -0.426. The number of hydrogen-bond donors (Lipinski definition) is 1. The van der Waals surface area contributed by atoms with Gasteiger partial charge in [-0.25, -0.2) is 4.90 Å². The van der Waals surface area contributed by atoms with Crippen molar-refractivity contribution in [3.05, 3.63) is 52.8 Å². The van der Waals surface area contributed by atoms with Crippen molar-refractivity contribution in [2.75, 3.05) is 4.90 Å². The zero-order chi connectivity index (χ0) is 15.0. The molecule has 106 valence electrons. The number of nitrogens with zero attached hydrogens (tertiary/aromatic N) is 1. The van der Waals surface area contributed by atoms with E-state index in [0.717, 1.165) is 22.4 Å². The van der Waals surface area contributed by atoms with Crippen molar-refractivity contribution < 1.29 is 19.1 Å². The van der Waals surface area contributed by atoms with Gasteiger partial charge in [0.25, 0.3) is 11.1 Å². The number of carbonyl (C=O) groups excluding carboxylic acids is 2. The number of thioether (sulfide) groups is 1. The first-order valence-electron chi connectivity index (χ1n) is 6.18. The van der Waals surface area contributed by atoms with E-state index in [9.17, 15) is 14.7 Å². The fourth-order valence-electron chi connectivity index (χ4n) is 1.98. The molecule has 1 fully saturated rings. The first kappa shape index (κ1) is 13.5. The second-order valence-electron chi connectivity index (χ2n) is 4.49. The van der Waals surface area contributed by atoms with Crippen LogP contribution in [0.5, 0.6) is 5.75 Å². The highest BCUT2D eigenvalue weighted by Crippen LogP contribution is 2.36. The Bertz CT molecular complexity index is 763. The Hall–Kier alpha value is -2.47. The summed E-state index contributed by atoms with van der Waals surface area (Å²) < 4.78 is 5.38. The Kier molecular flexibility index (Phi) is 3.31. The van der Waals surface area contributed by atoms with Crippen LogP contribution in [0.25, 0.3) is 6.08 Å². The molecule has 5 nitrogen and oxygen atoms in total. The lowest BCUT2D eigenvalue weighted by Crippen LogP contribution is -2.27. The predicted molar refractivity (Wildman–Crippen MR) is 80.0 cm³/mol. The average Bonchev–Trinajstić information content (AvgIpc) is 2.94. The van der Waals surface area contributed by atoms with Crippen LogP contribution in [-0.2, 0) is 4.79 Å². The molecule has 2 heterocycles. The van der Waals surface area contributed by atoms with E-state index >= 15 is 0 Å². The van der Waals surface area contributed by atoms with Gasteiger partial charge in [-0.05, 0) is 43.0 Å². The molecule has 1 aromatic heterocycles. The smallest absolute Gasteiger partial charge is 0.298 e. The second-order valence-corrected chi connectivity index (χ2v) is 5.48. The lowest BCUT2D eigenvalue weighted by molar-refractivity contribution is -0.113. The lowest BCUT2D eigenvalue weighted by Gasteiger charge is -2.12. The zero-order valence-corrected chi connectivity index (χ0v) is 11.9. The molecule has 0 bridgehead atoms. The standard InChI is InChI=1S/C15H11NO4S/c1-9-5-6-12(20-9)8-13-14(18)16(15(19)21-13)10-3-2-4-11(17)7-10/h2-8,17H,1H3. The number of carbonyl (C=O) groups is 2. The lowest BCUT2D eigenvalue weighted by atomic mass is 10.2. The van der Waals surface area contributed by atoms with E-state index in [-0.39, 0.29) is 10.7 Å². The maximum absolute atomic E-state index is 12.3. The molecular formula is C15H11NO4S. The normalized spacial score (nSPS) is 17.0. The van der Waals surface area contributed by atoms with Crippen molar-refractivity contribution in [2.24, 2.45) is 0 Å². The van der Waals surface area contributed by atoms with Gasteiger partial charge in [0.05, 0.1) is 10.6 Å². The number of anilines is 1. The van der Waals surface area contributed by atoms with Gasteiger partial charge in [-0.3, -0.25) is 9.59 Å². The van der Waals surface area contributed by atoms with E-state index in [0.29, 0.717) is 11.4 Å². The Morgan fingerprint density at radius 1 is 1.24 bits per heavy atom.